The lowest BCUT2D eigenvalue weighted by Crippen LogP contribution is -2.29. The molecule has 1 heterocycles. The largest absolute Gasteiger partial charge is 0.472 e. The second kappa shape index (κ2) is 9.96. The monoisotopic (exact) mass is 333 g/mol. The Hall–Kier alpha value is -2.04. The van der Waals surface area contributed by atoms with Crippen LogP contribution in [0.5, 0.6) is 0 Å². The summed E-state index contributed by atoms with van der Waals surface area (Å²) in [4.78, 5) is 12.5. The summed E-state index contributed by atoms with van der Waals surface area (Å²) in [5, 5.41) is 6.40. The normalized spacial score (nSPS) is 19.2. The van der Waals surface area contributed by atoms with Crippen LogP contribution >= 0.6 is 0 Å². The van der Waals surface area contributed by atoms with Crippen LogP contribution in [-0.4, -0.2) is 23.7 Å². The highest BCUT2D eigenvalue weighted by Crippen LogP contribution is 2.24. The van der Waals surface area contributed by atoms with Gasteiger partial charge in [0.1, 0.15) is 12.3 Å². The van der Waals surface area contributed by atoms with E-state index in [1.165, 1.54) is 5.57 Å². The molecule has 24 heavy (non-hydrogen) atoms. The lowest BCUT2D eigenvalue weighted by atomic mass is 10.1. The van der Waals surface area contributed by atoms with Gasteiger partial charge in [-0.2, -0.15) is 4.91 Å². The van der Waals surface area contributed by atoms with Gasteiger partial charge in [-0.25, -0.2) is 0 Å². The molecule has 0 aromatic heterocycles. The molecule has 0 saturated carbocycles. The van der Waals surface area contributed by atoms with Crippen molar-refractivity contribution in [2.75, 3.05) is 6.54 Å². The minimum absolute atomic E-state index is 0.0952. The summed E-state index contributed by atoms with van der Waals surface area (Å²) >= 11 is 0. The molecular weight excluding hydrogens is 302 g/mol. The maximum Gasteiger partial charge on any atom is 0.179 e. The Morgan fingerprint density at radius 3 is 2.75 bits per heavy atom. The zero-order valence-corrected chi connectivity index (χ0v) is 15.8. The SMILES string of the molecule is C/C=C(\C)N(C=CC(NC(C)C)=C(C)CC)C1CC=C(CN=O)O1. The van der Waals surface area contributed by atoms with Gasteiger partial charge in [-0.15, -0.1) is 0 Å². The summed E-state index contributed by atoms with van der Waals surface area (Å²) in [6, 6.07) is 0.372. The third-order valence-electron chi connectivity index (χ3n) is 4.03. The zero-order valence-electron chi connectivity index (χ0n) is 15.8. The summed E-state index contributed by atoms with van der Waals surface area (Å²) in [6.07, 6.45) is 9.76. The summed E-state index contributed by atoms with van der Waals surface area (Å²) in [5.41, 5.74) is 3.56. The van der Waals surface area contributed by atoms with Crippen LogP contribution in [0.2, 0.25) is 0 Å². The molecule has 0 aliphatic carbocycles. The summed E-state index contributed by atoms with van der Waals surface area (Å²) in [5.74, 6) is 0.651. The number of nitrogens with zero attached hydrogens (tertiary/aromatic N) is 2. The number of allylic oxidation sites excluding steroid dienone is 4. The average Bonchev–Trinajstić information content (AvgIpc) is 3.01. The highest BCUT2D eigenvalue weighted by atomic mass is 16.5. The van der Waals surface area contributed by atoms with Crippen molar-refractivity contribution in [3.63, 3.8) is 0 Å². The fourth-order valence-corrected chi connectivity index (χ4v) is 2.40. The Labute approximate surface area is 146 Å². The molecule has 5 heteroatoms. The van der Waals surface area contributed by atoms with Crippen LogP contribution in [0.3, 0.4) is 0 Å². The predicted octanol–water partition coefficient (Wildman–Crippen LogP) is 4.80. The van der Waals surface area contributed by atoms with Gasteiger partial charge in [0, 0.05) is 30.1 Å². The molecule has 0 aromatic rings. The summed E-state index contributed by atoms with van der Waals surface area (Å²) in [7, 11) is 0. The number of hydrogen-bond donors (Lipinski definition) is 1. The first-order valence-corrected chi connectivity index (χ1v) is 8.63. The van der Waals surface area contributed by atoms with Gasteiger partial charge in [-0.1, -0.05) is 23.7 Å². The van der Waals surface area contributed by atoms with Crippen molar-refractivity contribution in [1.82, 2.24) is 10.2 Å². The topological polar surface area (TPSA) is 53.9 Å². The van der Waals surface area contributed by atoms with Gasteiger partial charge in [0.15, 0.2) is 6.23 Å². The number of rotatable bonds is 9. The van der Waals surface area contributed by atoms with Crippen LogP contribution in [0.25, 0.3) is 0 Å². The quantitative estimate of drug-likeness (QED) is 0.486. The van der Waals surface area contributed by atoms with Crippen molar-refractivity contribution in [3.05, 3.63) is 52.1 Å². The molecule has 1 atom stereocenters. The van der Waals surface area contributed by atoms with E-state index in [1.807, 2.05) is 13.0 Å². The molecular formula is C19H31N3O2. The van der Waals surface area contributed by atoms with Gasteiger partial charge in [0.2, 0.25) is 0 Å². The van der Waals surface area contributed by atoms with Gasteiger partial charge in [-0.05, 0) is 53.2 Å². The lowest BCUT2D eigenvalue weighted by Gasteiger charge is -2.28. The third-order valence-corrected chi connectivity index (χ3v) is 4.03. The molecule has 0 fully saturated rings. The predicted molar refractivity (Wildman–Crippen MR) is 99.9 cm³/mol. The number of nitroso groups, excluding NO2 is 1. The number of ether oxygens (including phenoxy) is 1. The minimum Gasteiger partial charge on any atom is -0.472 e. The molecule has 1 aliphatic heterocycles. The molecule has 1 aliphatic rings. The highest BCUT2D eigenvalue weighted by Gasteiger charge is 2.23. The van der Waals surface area contributed by atoms with Crippen molar-refractivity contribution >= 4 is 0 Å². The second-order valence-corrected chi connectivity index (χ2v) is 6.27. The fraction of sp³-hybridized carbons (Fsp3) is 0.579. The Balaban J connectivity index is 2.96. The van der Waals surface area contributed by atoms with E-state index < -0.39 is 0 Å². The van der Waals surface area contributed by atoms with E-state index in [0.29, 0.717) is 11.8 Å². The van der Waals surface area contributed by atoms with Crippen LogP contribution in [0, 0.1) is 4.91 Å². The van der Waals surface area contributed by atoms with Crippen molar-refractivity contribution in [2.24, 2.45) is 5.18 Å². The highest BCUT2D eigenvalue weighted by molar-refractivity contribution is 5.24. The summed E-state index contributed by atoms with van der Waals surface area (Å²) in [6.45, 7) is 12.7. The maximum absolute atomic E-state index is 10.4. The number of hydrogen-bond acceptors (Lipinski definition) is 5. The van der Waals surface area contributed by atoms with E-state index in [4.69, 9.17) is 4.74 Å². The first kappa shape index (κ1) is 20.0. The van der Waals surface area contributed by atoms with E-state index >= 15 is 0 Å². The molecule has 1 unspecified atom stereocenters. The van der Waals surface area contributed by atoms with E-state index in [1.54, 1.807) is 0 Å². The average molecular weight is 333 g/mol. The Bertz CT molecular complexity index is 545. The van der Waals surface area contributed by atoms with Crippen LogP contribution < -0.4 is 5.32 Å². The Kier molecular flexibility index (Phi) is 8.30. The zero-order chi connectivity index (χ0) is 18.1. The number of nitrogens with one attached hydrogen (secondary N) is 1. The summed E-state index contributed by atoms with van der Waals surface area (Å²) < 4.78 is 5.85. The Morgan fingerprint density at radius 2 is 2.21 bits per heavy atom. The van der Waals surface area contributed by atoms with Crippen LogP contribution in [0.1, 0.15) is 54.4 Å². The third kappa shape index (κ3) is 5.87. The van der Waals surface area contributed by atoms with Gasteiger partial charge in [0.25, 0.3) is 0 Å². The van der Waals surface area contributed by atoms with Gasteiger partial charge < -0.3 is 15.0 Å². The lowest BCUT2D eigenvalue weighted by molar-refractivity contribution is 0.0450. The molecule has 0 amide bonds. The molecule has 0 radical (unpaired) electrons. The van der Waals surface area contributed by atoms with E-state index in [9.17, 15) is 4.91 Å². The van der Waals surface area contributed by atoms with Crippen LogP contribution in [0.4, 0.5) is 0 Å². The van der Waals surface area contributed by atoms with Crippen LogP contribution in [-0.2, 0) is 4.74 Å². The molecule has 0 aromatic carbocycles. The second-order valence-electron chi connectivity index (χ2n) is 6.27. The molecule has 0 spiro atoms. The first-order chi connectivity index (χ1) is 11.4. The molecule has 1 N–H and O–H groups in total. The van der Waals surface area contributed by atoms with Crippen molar-refractivity contribution in [2.45, 2.75) is 66.7 Å². The van der Waals surface area contributed by atoms with Crippen molar-refractivity contribution in [1.29, 1.82) is 0 Å². The van der Waals surface area contributed by atoms with Gasteiger partial charge in [0.05, 0.1) is 0 Å². The van der Waals surface area contributed by atoms with Crippen molar-refractivity contribution in [3.8, 4) is 0 Å². The van der Waals surface area contributed by atoms with Crippen molar-refractivity contribution < 1.29 is 4.74 Å². The van der Waals surface area contributed by atoms with E-state index in [0.717, 1.165) is 24.2 Å². The van der Waals surface area contributed by atoms with Gasteiger partial charge in [-0.3, -0.25) is 0 Å². The van der Waals surface area contributed by atoms with Gasteiger partial charge >= 0.3 is 0 Å². The molecule has 0 bridgehead atoms. The molecule has 0 saturated heterocycles. The van der Waals surface area contributed by atoms with Crippen LogP contribution in [0.15, 0.2) is 52.3 Å². The Morgan fingerprint density at radius 1 is 1.50 bits per heavy atom. The maximum atomic E-state index is 10.4. The smallest absolute Gasteiger partial charge is 0.179 e. The molecule has 5 nitrogen and oxygen atoms in total. The minimum atomic E-state index is -0.128. The fourth-order valence-electron chi connectivity index (χ4n) is 2.40. The first-order valence-electron chi connectivity index (χ1n) is 8.63. The molecule has 134 valence electrons. The molecule has 1 rings (SSSR count). The van der Waals surface area contributed by atoms with E-state index in [-0.39, 0.29) is 12.8 Å². The standard InChI is InChI=1S/C19H31N3O2/c1-7-15(5)18(21-14(3)4)11-12-22(16(6)8-2)19-10-9-17(24-19)13-20-23/h8-9,11-12,14,19,21H,7,10,13H2,1-6H3/b12-11?,16-8+,18-15?. The van der Waals surface area contributed by atoms with E-state index in [2.05, 4.69) is 68.4 Å².